The molecule has 1 aromatic rings. The van der Waals surface area contributed by atoms with Crippen LogP contribution >= 0.6 is 0 Å². The van der Waals surface area contributed by atoms with Gasteiger partial charge in [-0.25, -0.2) is 0 Å². The summed E-state index contributed by atoms with van der Waals surface area (Å²) in [6.07, 6.45) is 0.924. The van der Waals surface area contributed by atoms with E-state index >= 15 is 0 Å². The maximum absolute atomic E-state index is 6.06. The van der Waals surface area contributed by atoms with Gasteiger partial charge in [0.05, 0.1) is 19.8 Å². The minimum Gasteiger partial charge on any atom is -0.414 e. The summed E-state index contributed by atoms with van der Waals surface area (Å²) in [5.41, 5.74) is 1.21. The van der Waals surface area contributed by atoms with Crippen molar-refractivity contribution in [3.8, 4) is 0 Å². The molecule has 0 radical (unpaired) electrons. The van der Waals surface area contributed by atoms with Crippen LogP contribution in [0.25, 0.3) is 0 Å². The Bertz CT molecular complexity index is 399. The predicted molar refractivity (Wildman–Crippen MR) is 94.7 cm³/mol. The summed E-state index contributed by atoms with van der Waals surface area (Å²) in [5.74, 6) is 0. The van der Waals surface area contributed by atoms with Crippen LogP contribution in [0, 0.1) is 0 Å². The van der Waals surface area contributed by atoms with E-state index < -0.39 is 8.32 Å². The van der Waals surface area contributed by atoms with E-state index in [2.05, 4.69) is 46.0 Å². The Morgan fingerprint density at radius 1 is 0.864 bits per heavy atom. The molecule has 22 heavy (non-hydrogen) atoms. The standard InChI is InChI=1S/C18H32O3Si/c1-18(2,3)22(4,5)21-15-14-19-12-9-13-20-16-17-10-7-6-8-11-17/h6-8,10-11H,9,12-16H2,1-5H3. The highest BCUT2D eigenvalue weighted by atomic mass is 28.4. The first kappa shape index (κ1) is 19.4. The highest BCUT2D eigenvalue weighted by molar-refractivity contribution is 6.74. The molecule has 0 amide bonds. The predicted octanol–water partition coefficient (Wildman–Crippen LogP) is 4.63. The Balaban J connectivity index is 1.96. The van der Waals surface area contributed by atoms with Gasteiger partial charge in [-0.3, -0.25) is 0 Å². The van der Waals surface area contributed by atoms with Gasteiger partial charge < -0.3 is 13.9 Å². The van der Waals surface area contributed by atoms with Crippen molar-refractivity contribution < 1.29 is 13.9 Å². The molecule has 0 spiro atoms. The maximum Gasteiger partial charge on any atom is 0.192 e. The molecule has 0 aliphatic heterocycles. The quantitative estimate of drug-likeness (QED) is 0.464. The zero-order valence-corrected chi connectivity index (χ0v) is 15.9. The second-order valence-electron chi connectivity index (χ2n) is 7.11. The second-order valence-corrected chi connectivity index (χ2v) is 11.9. The molecule has 3 nitrogen and oxygen atoms in total. The van der Waals surface area contributed by atoms with Gasteiger partial charge in [0.15, 0.2) is 8.32 Å². The lowest BCUT2D eigenvalue weighted by atomic mass is 10.2. The third kappa shape index (κ3) is 7.54. The van der Waals surface area contributed by atoms with Gasteiger partial charge in [-0.05, 0) is 30.1 Å². The largest absolute Gasteiger partial charge is 0.414 e. The zero-order valence-electron chi connectivity index (χ0n) is 14.9. The minimum atomic E-state index is -1.63. The summed E-state index contributed by atoms with van der Waals surface area (Å²) >= 11 is 0. The van der Waals surface area contributed by atoms with Crippen LogP contribution in [-0.4, -0.2) is 34.7 Å². The summed E-state index contributed by atoms with van der Waals surface area (Å²) in [5, 5.41) is 0.262. The van der Waals surface area contributed by atoms with E-state index in [4.69, 9.17) is 13.9 Å². The van der Waals surface area contributed by atoms with Gasteiger partial charge in [0, 0.05) is 13.2 Å². The highest BCUT2D eigenvalue weighted by Crippen LogP contribution is 2.36. The van der Waals surface area contributed by atoms with Crippen LogP contribution in [-0.2, 0) is 20.5 Å². The van der Waals surface area contributed by atoms with Crippen LogP contribution in [0.2, 0.25) is 18.1 Å². The summed E-state index contributed by atoms with van der Waals surface area (Å²) in [6.45, 7) is 14.8. The van der Waals surface area contributed by atoms with Crippen molar-refractivity contribution in [2.24, 2.45) is 0 Å². The number of benzene rings is 1. The molecule has 0 aliphatic rings. The topological polar surface area (TPSA) is 27.7 Å². The van der Waals surface area contributed by atoms with Crippen LogP contribution in [0.1, 0.15) is 32.8 Å². The Kier molecular flexibility index (Phi) is 8.32. The van der Waals surface area contributed by atoms with Crippen LogP contribution in [0.3, 0.4) is 0 Å². The van der Waals surface area contributed by atoms with E-state index in [9.17, 15) is 0 Å². The molecular formula is C18H32O3Si. The molecule has 0 saturated carbocycles. The Hall–Kier alpha value is -0.683. The van der Waals surface area contributed by atoms with Gasteiger partial charge in [-0.2, -0.15) is 0 Å². The lowest BCUT2D eigenvalue weighted by Gasteiger charge is -2.36. The highest BCUT2D eigenvalue weighted by Gasteiger charge is 2.36. The average Bonchev–Trinajstić information content (AvgIpc) is 2.45. The van der Waals surface area contributed by atoms with Gasteiger partial charge in [0.1, 0.15) is 0 Å². The Labute approximate surface area is 137 Å². The van der Waals surface area contributed by atoms with Crippen molar-refractivity contribution in [3.05, 3.63) is 35.9 Å². The summed E-state index contributed by atoms with van der Waals surface area (Å²) in [4.78, 5) is 0. The molecule has 0 saturated heterocycles. The SMILES string of the molecule is CC(C)(C)[Si](C)(C)OCCOCCCOCc1ccccc1. The van der Waals surface area contributed by atoms with E-state index in [0.29, 0.717) is 19.8 Å². The zero-order chi connectivity index (χ0) is 16.5. The van der Waals surface area contributed by atoms with Crippen molar-refractivity contribution in [1.82, 2.24) is 0 Å². The lowest BCUT2D eigenvalue weighted by Crippen LogP contribution is -2.41. The van der Waals surface area contributed by atoms with Gasteiger partial charge in [-0.1, -0.05) is 51.1 Å². The van der Waals surface area contributed by atoms with Crippen LogP contribution in [0.15, 0.2) is 30.3 Å². The van der Waals surface area contributed by atoms with E-state index in [1.807, 2.05) is 18.2 Å². The number of hydrogen-bond donors (Lipinski definition) is 0. The van der Waals surface area contributed by atoms with Crippen molar-refractivity contribution in [2.75, 3.05) is 26.4 Å². The van der Waals surface area contributed by atoms with Gasteiger partial charge in [-0.15, -0.1) is 0 Å². The Morgan fingerprint density at radius 2 is 1.50 bits per heavy atom. The van der Waals surface area contributed by atoms with E-state index in [1.54, 1.807) is 0 Å². The molecule has 0 bridgehead atoms. The minimum absolute atomic E-state index is 0.262. The molecule has 0 unspecified atom stereocenters. The molecule has 0 N–H and O–H groups in total. The van der Waals surface area contributed by atoms with Crippen molar-refractivity contribution in [1.29, 1.82) is 0 Å². The molecule has 0 fully saturated rings. The summed E-state index contributed by atoms with van der Waals surface area (Å²) in [6, 6.07) is 10.2. The lowest BCUT2D eigenvalue weighted by molar-refractivity contribution is 0.0612. The van der Waals surface area contributed by atoms with Crippen LogP contribution in [0.5, 0.6) is 0 Å². The normalized spacial score (nSPS) is 12.6. The molecule has 4 heteroatoms. The van der Waals surface area contributed by atoms with E-state index in [1.165, 1.54) is 5.56 Å². The molecule has 0 heterocycles. The first-order valence-corrected chi connectivity index (χ1v) is 11.1. The van der Waals surface area contributed by atoms with Crippen LogP contribution < -0.4 is 0 Å². The summed E-state index contributed by atoms with van der Waals surface area (Å²) < 4.78 is 17.3. The smallest absolute Gasteiger partial charge is 0.192 e. The third-order valence-corrected chi connectivity index (χ3v) is 8.72. The maximum atomic E-state index is 6.06. The second kappa shape index (κ2) is 9.45. The Morgan fingerprint density at radius 3 is 2.14 bits per heavy atom. The van der Waals surface area contributed by atoms with E-state index in [0.717, 1.165) is 19.6 Å². The van der Waals surface area contributed by atoms with E-state index in [-0.39, 0.29) is 5.04 Å². The average molecular weight is 325 g/mol. The number of rotatable bonds is 10. The molecule has 0 aromatic heterocycles. The summed E-state index contributed by atoms with van der Waals surface area (Å²) in [7, 11) is -1.63. The molecule has 0 atom stereocenters. The van der Waals surface area contributed by atoms with Gasteiger partial charge >= 0.3 is 0 Å². The molecule has 1 rings (SSSR count). The van der Waals surface area contributed by atoms with Crippen LogP contribution in [0.4, 0.5) is 0 Å². The van der Waals surface area contributed by atoms with Crippen molar-refractivity contribution >= 4 is 8.32 Å². The van der Waals surface area contributed by atoms with Crippen molar-refractivity contribution in [2.45, 2.75) is 51.9 Å². The third-order valence-electron chi connectivity index (χ3n) is 4.19. The monoisotopic (exact) mass is 324 g/mol. The molecular weight excluding hydrogens is 292 g/mol. The van der Waals surface area contributed by atoms with Crippen molar-refractivity contribution in [3.63, 3.8) is 0 Å². The molecule has 0 aliphatic carbocycles. The fourth-order valence-corrected chi connectivity index (χ4v) is 2.73. The fourth-order valence-electron chi connectivity index (χ4n) is 1.70. The first-order chi connectivity index (χ1) is 10.3. The fraction of sp³-hybridized carbons (Fsp3) is 0.667. The first-order valence-electron chi connectivity index (χ1n) is 8.16. The van der Waals surface area contributed by atoms with Gasteiger partial charge in [0.25, 0.3) is 0 Å². The van der Waals surface area contributed by atoms with Gasteiger partial charge in [0.2, 0.25) is 0 Å². The molecule has 1 aromatic carbocycles. The number of hydrogen-bond acceptors (Lipinski definition) is 3. The number of ether oxygens (including phenoxy) is 2. The molecule has 126 valence electrons.